The van der Waals surface area contributed by atoms with Gasteiger partial charge in [-0.2, -0.15) is 0 Å². The van der Waals surface area contributed by atoms with Gasteiger partial charge in [0, 0.05) is 27.7 Å². The summed E-state index contributed by atoms with van der Waals surface area (Å²) in [5, 5.41) is 4.89. The van der Waals surface area contributed by atoms with Crippen LogP contribution in [0.4, 0.5) is 0 Å². The molecule has 3 rings (SSSR count). The number of carbonyl (C=O) groups excluding carboxylic acids is 2. The molecule has 1 aliphatic heterocycles. The zero-order chi connectivity index (χ0) is 13.4. The van der Waals surface area contributed by atoms with Gasteiger partial charge in [0.25, 0.3) is 0 Å². The number of carbonyl (C=O) groups is 2. The first kappa shape index (κ1) is 13.1. The average Bonchev–Trinajstić information content (AvgIpc) is 3.14. The molecular formula is C13H15BrN2O2S. The van der Waals surface area contributed by atoms with Crippen LogP contribution >= 0.6 is 27.3 Å². The van der Waals surface area contributed by atoms with E-state index in [0.717, 1.165) is 22.2 Å². The monoisotopic (exact) mass is 342 g/mol. The second-order valence-electron chi connectivity index (χ2n) is 5.12. The Hall–Kier alpha value is -0.880. The lowest BCUT2D eigenvalue weighted by molar-refractivity contribution is -0.134. The standard InChI is InChI=1S/C13H15BrN2O2S/c14-9-5-10(19-7-9)6-16-4-3-11(17)15-12(13(16)18)8-1-2-8/h5,7-8,12H,1-4,6H2,(H,15,17). The van der Waals surface area contributed by atoms with Crippen LogP contribution < -0.4 is 5.32 Å². The van der Waals surface area contributed by atoms with Crippen LogP contribution in [0.3, 0.4) is 0 Å². The van der Waals surface area contributed by atoms with Crippen LogP contribution in [0.15, 0.2) is 15.9 Å². The first-order valence-electron chi connectivity index (χ1n) is 6.44. The molecular weight excluding hydrogens is 328 g/mol. The summed E-state index contributed by atoms with van der Waals surface area (Å²) in [6.45, 7) is 1.12. The lowest BCUT2D eigenvalue weighted by Gasteiger charge is -2.23. The number of nitrogens with zero attached hydrogens (tertiary/aromatic N) is 1. The molecule has 1 saturated carbocycles. The van der Waals surface area contributed by atoms with E-state index in [1.54, 1.807) is 11.3 Å². The van der Waals surface area contributed by atoms with E-state index < -0.39 is 0 Å². The van der Waals surface area contributed by atoms with Crippen LogP contribution in [0, 0.1) is 5.92 Å². The summed E-state index contributed by atoms with van der Waals surface area (Å²) < 4.78 is 1.04. The van der Waals surface area contributed by atoms with Crippen LogP contribution in [0.2, 0.25) is 0 Å². The number of rotatable bonds is 3. The third kappa shape index (κ3) is 3.00. The smallest absolute Gasteiger partial charge is 0.245 e. The summed E-state index contributed by atoms with van der Waals surface area (Å²) in [5.41, 5.74) is 0. The van der Waals surface area contributed by atoms with E-state index in [4.69, 9.17) is 0 Å². The van der Waals surface area contributed by atoms with Crippen molar-refractivity contribution in [2.75, 3.05) is 6.54 Å². The third-order valence-electron chi connectivity index (χ3n) is 3.56. The molecule has 1 unspecified atom stereocenters. The maximum absolute atomic E-state index is 12.5. The van der Waals surface area contributed by atoms with Gasteiger partial charge in [-0.3, -0.25) is 9.59 Å². The first-order valence-corrected chi connectivity index (χ1v) is 8.12. The van der Waals surface area contributed by atoms with Crippen LogP contribution in [-0.4, -0.2) is 29.3 Å². The lowest BCUT2D eigenvalue weighted by atomic mass is 10.1. The average molecular weight is 343 g/mol. The van der Waals surface area contributed by atoms with E-state index >= 15 is 0 Å². The SMILES string of the molecule is O=C1CCN(Cc2cc(Br)cs2)C(=O)C(C2CC2)N1. The number of nitrogens with one attached hydrogen (secondary N) is 1. The minimum absolute atomic E-state index is 0.000102. The molecule has 1 N–H and O–H groups in total. The zero-order valence-electron chi connectivity index (χ0n) is 10.4. The van der Waals surface area contributed by atoms with Crippen molar-refractivity contribution < 1.29 is 9.59 Å². The summed E-state index contributed by atoms with van der Waals surface area (Å²) in [6.07, 6.45) is 2.51. The van der Waals surface area contributed by atoms with Crippen LogP contribution in [0.25, 0.3) is 0 Å². The molecule has 4 nitrogen and oxygen atoms in total. The Labute approximate surface area is 124 Å². The molecule has 6 heteroatoms. The molecule has 2 aliphatic rings. The molecule has 1 atom stereocenters. The van der Waals surface area contributed by atoms with E-state index in [1.807, 2.05) is 16.3 Å². The van der Waals surface area contributed by atoms with Crippen molar-refractivity contribution in [2.45, 2.75) is 31.8 Å². The van der Waals surface area contributed by atoms with Crippen LogP contribution in [-0.2, 0) is 16.1 Å². The minimum Gasteiger partial charge on any atom is -0.344 e. The highest BCUT2D eigenvalue weighted by atomic mass is 79.9. The number of hydrogen-bond donors (Lipinski definition) is 1. The summed E-state index contributed by atoms with van der Waals surface area (Å²) >= 11 is 5.05. The molecule has 19 heavy (non-hydrogen) atoms. The molecule has 2 amide bonds. The van der Waals surface area contributed by atoms with E-state index in [0.29, 0.717) is 25.4 Å². The van der Waals surface area contributed by atoms with Gasteiger partial charge in [-0.25, -0.2) is 0 Å². The Morgan fingerprint density at radius 1 is 1.42 bits per heavy atom. The van der Waals surface area contributed by atoms with Crippen molar-refractivity contribution in [1.29, 1.82) is 0 Å². The molecule has 1 aromatic heterocycles. The lowest BCUT2D eigenvalue weighted by Crippen LogP contribution is -2.45. The Morgan fingerprint density at radius 2 is 2.21 bits per heavy atom. The van der Waals surface area contributed by atoms with Crippen molar-refractivity contribution in [2.24, 2.45) is 5.92 Å². The normalized spacial score (nSPS) is 24.3. The fourth-order valence-electron chi connectivity index (χ4n) is 2.38. The minimum atomic E-state index is -0.293. The Bertz CT molecular complexity index is 512. The van der Waals surface area contributed by atoms with Gasteiger partial charge < -0.3 is 10.2 Å². The number of hydrogen-bond acceptors (Lipinski definition) is 3. The second kappa shape index (κ2) is 5.25. The molecule has 102 valence electrons. The maximum atomic E-state index is 12.5. The summed E-state index contributed by atoms with van der Waals surface area (Å²) in [6, 6.07) is 1.74. The summed E-state index contributed by atoms with van der Waals surface area (Å²) in [7, 11) is 0. The molecule has 2 fully saturated rings. The maximum Gasteiger partial charge on any atom is 0.245 e. The zero-order valence-corrected chi connectivity index (χ0v) is 12.8. The molecule has 1 saturated heterocycles. The van der Waals surface area contributed by atoms with Crippen molar-refractivity contribution in [3.05, 3.63) is 20.8 Å². The van der Waals surface area contributed by atoms with Crippen molar-refractivity contribution in [1.82, 2.24) is 10.2 Å². The highest BCUT2D eigenvalue weighted by Crippen LogP contribution is 2.34. The predicted octanol–water partition coefficient (Wildman–Crippen LogP) is 2.14. The largest absolute Gasteiger partial charge is 0.344 e. The van der Waals surface area contributed by atoms with Gasteiger partial charge >= 0.3 is 0 Å². The van der Waals surface area contributed by atoms with E-state index in [9.17, 15) is 9.59 Å². The number of amides is 2. The highest BCUT2D eigenvalue weighted by molar-refractivity contribution is 9.10. The molecule has 1 aromatic rings. The topological polar surface area (TPSA) is 49.4 Å². The molecule has 0 radical (unpaired) electrons. The van der Waals surface area contributed by atoms with E-state index in [1.165, 1.54) is 0 Å². The summed E-state index contributed by atoms with van der Waals surface area (Å²) in [4.78, 5) is 27.1. The second-order valence-corrected chi connectivity index (χ2v) is 7.04. The van der Waals surface area contributed by atoms with Gasteiger partial charge in [0.1, 0.15) is 6.04 Å². The van der Waals surface area contributed by atoms with E-state index in [-0.39, 0.29) is 17.9 Å². The highest BCUT2D eigenvalue weighted by Gasteiger charge is 2.40. The molecule has 0 spiro atoms. The quantitative estimate of drug-likeness (QED) is 0.914. The molecule has 0 aromatic carbocycles. The van der Waals surface area contributed by atoms with Gasteiger partial charge in [-0.1, -0.05) is 0 Å². The van der Waals surface area contributed by atoms with Crippen molar-refractivity contribution in [3.63, 3.8) is 0 Å². The molecule has 1 aliphatic carbocycles. The predicted molar refractivity (Wildman–Crippen MR) is 76.7 cm³/mol. The summed E-state index contributed by atoms with van der Waals surface area (Å²) in [5.74, 6) is 0.435. The van der Waals surface area contributed by atoms with Crippen LogP contribution in [0.1, 0.15) is 24.1 Å². The molecule has 2 heterocycles. The van der Waals surface area contributed by atoms with Crippen molar-refractivity contribution in [3.8, 4) is 0 Å². The van der Waals surface area contributed by atoms with E-state index in [2.05, 4.69) is 21.2 Å². The number of halogens is 1. The van der Waals surface area contributed by atoms with Gasteiger partial charge in [-0.15, -0.1) is 11.3 Å². The fourth-order valence-corrected chi connectivity index (χ4v) is 3.85. The van der Waals surface area contributed by atoms with Crippen molar-refractivity contribution >= 4 is 39.1 Å². The van der Waals surface area contributed by atoms with Gasteiger partial charge in [0.05, 0.1) is 6.54 Å². The fraction of sp³-hybridized carbons (Fsp3) is 0.538. The Kier molecular flexibility index (Phi) is 3.62. The Balaban J connectivity index is 1.75. The molecule has 0 bridgehead atoms. The Morgan fingerprint density at radius 3 is 2.84 bits per heavy atom. The van der Waals surface area contributed by atoms with Crippen LogP contribution in [0.5, 0.6) is 0 Å². The van der Waals surface area contributed by atoms with Gasteiger partial charge in [0.2, 0.25) is 11.8 Å². The van der Waals surface area contributed by atoms with Gasteiger partial charge in [0.15, 0.2) is 0 Å². The third-order valence-corrected chi connectivity index (χ3v) is 5.25. The first-order chi connectivity index (χ1) is 9.13. The number of thiophene rings is 1. The van der Waals surface area contributed by atoms with Gasteiger partial charge in [-0.05, 0) is 40.8 Å².